The molecule has 0 aromatic heterocycles. The molecule has 15 heavy (non-hydrogen) atoms. The van der Waals surface area contributed by atoms with Crippen molar-refractivity contribution in [1.29, 1.82) is 0 Å². The van der Waals surface area contributed by atoms with Crippen LogP contribution in [0.2, 0.25) is 0 Å². The average Bonchev–Trinajstić information content (AvgIpc) is 2.28. The molecule has 0 bridgehead atoms. The smallest absolute Gasteiger partial charge is 0.130 e. The van der Waals surface area contributed by atoms with Gasteiger partial charge in [-0.3, -0.25) is 0 Å². The van der Waals surface area contributed by atoms with E-state index in [0.29, 0.717) is 5.75 Å². The summed E-state index contributed by atoms with van der Waals surface area (Å²) in [5.41, 5.74) is 1.90. The first kappa shape index (κ1) is 10.4. The third kappa shape index (κ3) is 1.84. The molecule has 0 saturated carbocycles. The van der Waals surface area contributed by atoms with Crippen LogP contribution in [0.25, 0.3) is 0 Å². The van der Waals surface area contributed by atoms with Crippen molar-refractivity contribution in [2.75, 3.05) is 14.2 Å². The van der Waals surface area contributed by atoms with E-state index in [-0.39, 0.29) is 11.9 Å². The van der Waals surface area contributed by atoms with E-state index in [2.05, 4.69) is 5.32 Å². The topological polar surface area (TPSA) is 21.3 Å². The molecule has 0 aliphatic heterocycles. The molecular formula is C12H16FNO. The zero-order valence-electron chi connectivity index (χ0n) is 9.14. The minimum Gasteiger partial charge on any atom is -0.497 e. The second-order valence-corrected chi connectivity index (χ2v) is 3.91. The molecule has 1 aliphatic rings. The molecule has 0 saturated heterocycles. The Labute approximate surface area is 89.4 Å². The summed E-state index contributed by atoms with van der Waals surface area (Å²) < 4.78 is 18.8. The molecule has 0 heterocycles. The molecule has 3 heteroatoms. The van der Waals surface area contributed by atoms with E-state index < -0.39 is 0 Å². The van der Waals surface area contributed by atoms with Crippen molar-refractivity contribution >= 4 is 0 Å². The number of hydrogen-bond donors (Lipinski definition) is 1. The number of hydrogen-bond acceptors (Lipinski definition) is 2. The lowest BCUT2D eigenvalue weighted by atomic mass is 9.87. The molecule has 1 aromatic rings. The Kier molecular flexibility index (Phi) is 2.91. The van der Waals surface area contributed by atoms with Crippen LogP contribution in [0.3, 0.4) is 0 Å². The molecule has 1 N–H and O–H groups in total. The van der Waals surface area contributed by atoms with Crippen molar-refractivity contribution in [3.05, 3.63) is 29.1 Å². The zero-order chi connectivity index (χ0) is 10.8. The molecule has 0 radical (unpaired) electrons. The average molecular weight is 209 g/mol. The normalized spacial score (nSPS) is 19.8. The van der Waals surface area contributed by atoms with Gasteiger partial charge in [0.2, 0.25) is 0 Å². The van der Waals surface area contributed by atoms with Gasteiger partial charge in [-0.2, -0.15) is 0 Å². The Morgan fingerprint density at radius 3 is 2.93 bits per heavy atom. The summed E-state index contributed by atoms with van der Waals surface area (Å²) in [6.07, 6.45) is 2.95. The maximum absolute atomic E-state index is 13.7. The molecule has 82 valence electrons. The second kappa shape index (κ2) is 4.19. The van der Waals surface area contributed by atoms with Gasteiger partial charge < -0.3 is 10.1 Å². The molecule has 2 rings (SSSR count). The first-order chi connectivity index (χ1) is 7.26. The SMILES string of the molecule is CNC1CCCc2c(F)cc(OC)cc21. The van der Waals surface area contributed by atoms with Crippen LogP contribution in [0.1, 0.15) is 30.0 Å². The summed E-state index contributed by atoms with van der Waals surface area (Å²) in [6, 6.07) is 3.67. The highest BCUT2D eigenvalue weighted by Gasteiger charge is 2.22. The Morgan fingerprint density at radius 2 is 2.27 bits per heavy atom. The van der Waals surface area contributed by atoms with Crippen LogP contribution in [-0.2, 0) is 6.42 Å². The van der Waals surface area contributed by atoms with Gasteiger partial charge in [0.1, 0.15) is 11.6 Å². The van der Waals surface area contributed by atoms with Crippen molar-refractivity contribution in [3.8, 4) is 5.75 Å². The van der Waals surface area contributed by atoms with E-state index in [4.69, 9.17) is 4.74 Å². The van der Waals surface area contributed by atoms with E-state index in [0.717, 1.165) is 30.4 Å². The minimum absolute atomic E-state index is 0.135. The summed E-state index contributed by atoms with van der Waals surface area (Å²) in [7, 11) is 3.48. The molecule has 1 unspecified atom stereocenters. The standard InChI is InChI=1S/C12H16FNO/c1-14-12-5-3-4-9-10(12)6-8(15-2)7-11(9)13/h6-7,12,14H,3-5H2,1-2H3. The molecule has 1 aromatic carbocycles. The number of methoxy groups -OCH3 is 1. The molecular weight excluding hydrogens is 193 g/mol. The Bertz CT molecular complexity index is 365. The fourth-order valence-electron chi connectivity index (χ4n) is 2.26. The summed E-state index contributed by atoms with van der Waals surface area (Å²) >= 11 is 0. The number of halogens is 1. The van der Waals surface area contributed by atoms with Gasteiger partial charge in [-0.05, 0) is 43.5 Å². The van der Waals surface area contributed by atoms with E-state index in [1.807, 2.05) is 13.1 Å². The predicted molar refractivity (Wildman–Crippen MR) is 57.7 cm³/mol. The molecule has 1 atom stereocenters. The lowest BCUT2D eigenvalue weighted by molar-refractivity contribution is 0.404. The van der Waals surface area contributed by atoms with E-state index >= 15 is 0 Å². The van der Waals surface area contributed by atoms with E-state index in [1.165, 1.54) is 6.07 Å². The van der Waals surface area contributed by atoms with Gasteiger partial charge in [-0.1, -0.05) is 0 Å². The van der Waals surface area contributed by atoms with Crippen LogP contribution in [-0.4, -0.2) is 14.2 Å². The van der Waals surface area contributed by atoms with Crippen LogP contribution < -0.4 is 10.1 Å². The van der Waals surface area contributed by atoms with Gasteiger partial charge in [0.05, 0.1) is 7.11 Å². The molecule has 2 nitrogen and oxygen atoms in total. The number of benzene rings is 1. The van der Waals surface area contributed by atoms with Crippen LogP contribution >= 0.6 is 0 Å². The van der Waals surface area contributed by atoms with E-state index in [9.17, 15) is 4.39 Å². The number of rotatable bonds is 2. The van der Waals surface area contributed by atoms with Crippen LogP contribution in [0.15, 0.2) is 12.1 Å². The molecule has 0 fully saturated rings. The highest BCUT2D eigenvalue weighted by molar-refractivity contribution is 5.40. The minimum atomic E-state index is -0.135. The maximum atomic E-state index is 13.7. The summed E-state index contributed by atoms with van der Waals surface area (Å²) in [5.74, 6) is 0.470. The van der Waals surface area contributed by atoms with Crippen molar-refractivity contribution in [1.82, 2.24) is 5.32 Å². The van der Waals surface area contributed by atoms with E-state index in [1.54, 1.807) is 7.11 Å². The Balaban J connectivity index is 2.48. The fraction of sp³-hybridized carbons (Fsp3) is 0.500. The van der Waals surface area contributed by atoms with Gasteiger partial charge in [0.15, 0.2) is 0 Å². The summed E-state index contributed by atoms with van der Waals surface area (Å²) in [4.78, 5) is 0. The first-order valence-electron chi connectivity index (χ1n) is 5.30. The van der Waals surface area contributed by atoms with Crippen molar-refractivity contribution in [2.45, 2.75) is 25.3 Å². The lowest BCUT2D eigenvalue weighted by Crippen LogP contribution is -2.22. The third-order valence-electron chi connectivity index (χ3n) is 3.08. The monoisotopic (exact) mass is 209 g/mol. The van der Waals surface area contributed by atoms with Gasteiger partial charge in [0.25, 0.3) is 0 Å². The summed E-state index contributed by atoms with van der Waals surface area (Å²) in [5, 5.41) is 3.22. The predicted octanol–water partition coefficient (Wildman–Crippen LogP) is 2.43. The Morgan fingerprint density at radius 1 is 1.47 bits per heavy atom. The number of ether oxygens (including phenoxy) is 1. The number of nitrogens with one attached hydrogen (secondary N) is 1. The van der Waals surface area contributed by atoms with Gasteiger partial charge in [-0.15, -0.1) is 0 Å². The Hall–Kier alpha value is -1.09. The van der Waals surface area contributed by atoms with Crippen LogP contribution in [0, 0.1) is 5.82 Å². The fourth-order valence-corrected chi connectivity index (χ4v) is 2.26. The van der Waals surface area contributed by atoms with Crippen LogP contribution in [0.4, 0.5) is 4.39 Å². The zero-order valence-corrected chi connectivity index (χ0v) is 9.14. The molecule has 0 spiro atoms. The van der Waals surface area contributed by atoms with Crippen molar-refractivity contribution in [3.63, 3.8) is 0 Å². The van der Waals surface area contributed by atoms with Gasteiger partial charge >= 0.3 is 0 Å². The molecule has 1 aliphatic carbocycles. The quantitative estimate of drug-likeness (QED) is 0.807. The van der Waals surface area contributed by atoms with Crippen molar-refractivity contribution < 1.29 is 9.13 Å². The van der Waals surface area contributed by atoms with Gasteiger partial charge in [0, 0.05) is 12.1 Å². The highest BCUT2D eigenvalue weighted by Crippen LogP contribution is 2.33. The number of fused-ring (bicyclic) bond motifs is 1. The van der Waals surface area contributed by atoms with Crippen molar-refractivity contribution in [2.24, 2.45) is 0 Å². The van der Waals surface area contributed by atoms with Gasteiger partial charge in [-0.25, -0.2) is 4.39 Å². The first-order valence-corrected chi connectivity index (χ1v) is 5.30. The largest absolute Gasteiger partial charge is 0.497 e. The maximum Gasteiger partial charge on any atom is 0.130 e. The lowest BCUT2D eigenvalue weighted by Gasteiger charge is -2.26. The second-order valence-electron chi connectivity index (χ2n) is 3.91. The summed E-state index contributed by atoms with van der Waals surface area (Å²) in [6.45, 7) is 0. The molecule has 0 amide bonds. The highest BCUT2D eigenvalue weighted by atomic mass is 19.1. The van der Waals surface area contributed by atoms with Crippen LogP contribution in [0.5, 0.6) is 5.75 Å². The third-order valence-corrected chi connectivity index (χ3v) is 3.08.